The van der Waals surface area contributed by atoms with Crippen LogP contribution >= 0.6 is 0 Å². The first-order valence-electron chi connectivity index (χ1n) is 5.90. The summed E-state index contributed by atoms with van der Waals surface area (Å²) in [7, 11) is 0. The molecule has 0 unspecified atom stereocenters. The van der Waals surface area contributed by atoms with Crippen molar-refractivity contribution in [2.75, 3.05) is 26.2 Å². The Morgan fingerprint density at radius 1 is 0.857 bits per heavy atom. The molecule has 1 saturated heterocycles. The molecule has 0 amide bonds. The lowest BCUT2D eigenvalue weighted by Crippen LogP contribution is -2.51. The Morgan fingerprint density at radius 2 is 1.36 bits per heavy atom. The largest absolute Gasteiger partial charge is 0.317 e. The van der Waals surface area contributed by atoms with E-state index in [1.54, 1.807) is 0 Å². The Kier molecular flexibility index (Phi) is 4.95. The zero-order valence-corrected chi connectivity index (χ0v) is 9.71. The van der Waals surface area contributed by atoms with Crippen molar-refractivity contribution in [3.63, 3.8) is 0 Å². The van der Waals surface area contributed by atoms with Crippen LogP contribution in [0.5, 0.6) is 0 Å². The topological polar surface area (TPSA) is 0 Å². The summed E-state index contributed by atoms with van der Waals surface area (Å²) in [5.74, 6) is 0. The van der Waals surface area contributed by atoms with Gasteiger partial charge in [-0.25, -0.2) is 0 Å². The van der Waals surface area contributed by atoms with Crippen LogP contribution in [0.4, 0.5) is 0 Å². The second-order valence-electron chi connectivity index (χ2n) is 4.35. The summed E-state index contributed by atoms with van der Waals surface area (Å²) in [5, 5.41) is 0. The molecule has 0 N–H and O–H groups in total. The van der Waals surface area contributed by atoms with Crippen LogP contribution in [0, 0.1) is 0 Å². The molecule has 0 saturated carbocycles. The summed E-state index contributed by atoms with van der Waals surface area (Å²) < 4.78 is 1.29. The van der Waals surface area contributed by atoms with Crippen molar-refractivity contribution in [3.8, 4) is 0 Å². The van der Waals surface area contributed by atoms with Gasteiger partial charge in [-0.3, -0.25) is 0 Å². The molecule has 0 bridgehead atoms. The van der Waals surface area contributed by atoms with Gasteiger partial charge in [0.1, 0.15) is 0 Å². The van der Waals surface area contributed by atoms with Crippen molar-refractivity contribution >= 4 is 0 Å². The van der Waals surface area contributed by atoms with Crippen LogP contribution in [0.25, 0.3) is 0 Å². The van der Waals surface area contributed by atoms with E-state index in [1.165, 1.54) is 49.9 Å². The van der Waals surface area contributed by atoms with Gasteiger partial charge < -0.3 is 4.48 Å². The minimum atomic E-state index is 1.22. The summed E-state index contributed by atoms with van der Waals surface area (Å²) >= 11 is 0. The Bertz CT molecular complexity index is 181. The molecular formula is C13H24N+. The first-order valence-corrected chi connectivity index (χ1v) is 5.90. The number of likely N-dealkylation sites (tertiary alicyclic amines) is 1. The van der Waals surface area contributed by atoms with Gasteiger partial charge in [-0.05, 0) is 45.3 Å². The Balaban J connectivity index is 2.56. The van der Waals surface area contributed by atoms with Gasteiger partial charge in [0.2, 0.25) is 0 Å². The van der Waals surface area contributed by atoms with Gasteiger partial charge in [-0.15, -0.1) is 0 Å². The Hall–Kier alpha value is -0.560. The normalized spacial score (nSPS) is 22.1. The molecule has 14 heavy (non-hydrogen) atoms. The van der Waals surface area contributed by atoms with Crippen LogP contribution < -0.4 is 0 Å². The van der Waals surface area contributed by atoms with Crippen LogP contribution in [0.15, 0.2) is 24.3 Å². The van der Waals surface area contributed by atoms with Gasteiger partial charge >= 0.3 is 0 Å². The lowest BCUT2D eigenvalue weighted by Gasteiger charge is -2.40. The summed E-state index contributed by atoms with van der Waals surface area (Å²) in [6.07, 6.45) is 13.3. The summed E-state index contributed by atoms with van der Waals surface area (Å²) in [6, 6.07) is 0. The fourth-order valence-corrected chi connectivity index (χ4v) is 2.28. The van der Waals surface area contributed by atoms with Crippen LogP contribution in [-0.2, 0) is 0 Å². The number of hydrogen-bond donors (Lipinski definition) is 0. The van der Waals surface area contributed by atoms with Crippen LogP contribution in [-0.4, -0.2) is 30.7 Å². The van der Waals surface area contributed by atoms with Gasteiger partial charge in [0.15, 0.2) is 0 Å². The van der Waals surface area contributed by atoms with E-state index in [0.29, 0.717) is 0 Å². The molecule has 0 aliphatic carbocycles. The van der Waals surface area contributed by atoms with E-state index in [9.17, 15) is 0 Å². The molecular weight excluding hydrogens is 170 g/mol. The quantitative estimate of drug-likeness (QED) is 0.476. The van der Waals surface area contributed by atoms with Crippen molar-refractivity contribution in [1.29, 1.82) is 0 Å². The smallest absolute Gasteiger partial charge is 0.0976 e. The second-order valence-corrected chi connectivity index (χ2v) is 4.35. The van der Waals surface area contributed by atoms with Crippen LogP contribution in [0.1, 0.15) is 33.1 Å². The molecule has 1 fully saturated rings. The highest BCUT2D eigenvalue weighted by atomic mass is 15.3. The SMILES string of the molecule is CC=CC[N+]1(CC=CC)CCCCC1. The van der Waals surface area contributed by atoms with Gasteiger partial charge in [-0.1, -0.05) is 12.2 Å². The van der Waals surface area contributed by atoms with Crippen molar-refractivity contribution in [1.82, 2.24) is 0 Å². The zero-order chi connectivity index (χ0) is 10.3. The first kappa shape index (κ1) is 11.5. The van der Waals surface area contributed by atoms with E-state index in [1.807, 2.05) is 0 Å². The molecule has 80 valence electrons. The molecule has 1 heterocycles. The van der Waals surface area contributed by atoms with Gasteiger partial charge in [0.25, 0.3) is 0 Å². The van der Waals surface area contributed by atoms with E-state index < -0.39 is 0 Å². The number of nitrogens with zero attached hydrogens (tertiary/aromatic N) is 1. The molecule has 0 aromatic rings. The third-order valence-electron chi connectivity index (χ3n) is 3.22. The Labute approximate surface area is 88.7 Å². The van der Waals surface area contributed by atoms with E-state index in [0.717, 1.165) is 0 Å². The number of piperidine rings is 1. The maximum atomic E-state index is 2.33. The highest BCUT2D eigenvalue weighted by molar-refractivity contribution is 4.82. The second kappa shape index (κ2) is 6.02. The lowest BCUT2D eigenvalue weighted by molar-refractivity contribution is -0.921. The maximum absolute atomic E-state index is 2.33. The fourth-order valence-electron chi connectivity index (χ4n) is 2.28. The minimum Gasteiger partial charge on any atom is -0.317 e. The highest BCUT2D eigenvalue weighted by Crippen LogP contribution is 2.18. The average molecular weight is 194 g/mol. The van der Waals surface area contributed by atoms with Gasteiger partial charge in [0, 0.05) is 0 Å². The van der Waals surface area contributed by atoms with Crippen molar-refractivity contribution in [3.05, 3.63) is 24.3 Å². The molecule has 0 spiro atoms. The number of quaternary nitrogens is 1. The van der Waals surface area contributed by atoms with Crippen molar-refractivity contribution in [2.24, 2.45) is 0 Å². The summed E-state index contributed by atoms with van der Waals surface area (Å²) in [5.41, 5.74) is 0. The third kappa shape index (κ3) is 3.30. The summed E-state index contributed by atoms with van der Waals surface area (Å²) in [6.45, 7) is 9.43. The van der Waals surface area contributed by atoms with Crippen LogP contribution in [0.3, 0.4) is 0 Å². The van der Waals surface area contributed by atoms with E-state index in [-0.39, 0.29) is 0 Å². The third-order valence-corrected chi connectivity index (χ3v) is 3.22. The van der Waals surface area contributed by atoms with E-state index >= 15 is 0 Å². The van der Waals surface area contributed by atoms with Gasteiger partial charge in [0.05, 0.1) is 26.2 Å². The predicted molar refractivity (Wildman–Crippen MR) is 63.2 cm³/mol. The van der Waals surface area contributed by atoms with Crippen molar-refractivity contribution < 1.29 is 4.48 Å². The predicted octanol–water partition coefficient (Wildman–Crippen LogP) is 3.14. The molecule has 1 heteroatoms. The summed E-state index contributed by atoms with van der Waals surface area (Å²) in [4.78, 5) is 0. The lowest BCUT2D eigenvalue weighted by atomic mass is 10.1. The molecule has 0 atom stereocenters. The van der Waals surface area contributed by atoms with Gasteiger partial charge in [-0.2, -0.15) is 0 Å². The fraction of sp³-hybridized carbons (Fsp3) is 0.692. The molecule has 1 aliphatic heterocycles. The Morgan fingerprint density at radius 3 is 1.79 bits per heavy atom. The molecule has 0 aromatic carbocycles. The monoisotopic (exact) mass is 194 g/mol. The molecule has 0 aromatic heterocycles. The minimum absolute atomic E-state index is 1.22. The van der Waals surface area contributed by atoms with Crippen molar-refractivity contribution in [2.45, 2.75) is 33.1 Å². The number of rotatable bonds is 4. The van der Waals surface area contributed by atoms with E-state index in [2.05, 4.69) is 38.2 Å². The molecule has 1 rings (SSSR count). The van der Waals surface area contributed by atoms with Crippen LogP contribution in [0.2, 0.25) is 0 Å². The number of hydrogen-bond acceptors (Lipinski definition) is 0. The molecule has 1 nitrogen and oxygen atoms in total. The molecule has 1 aliphatic rings. The standard InChI is InChI=1S/C13H24N/c1-3-5-10-14(11-6-4-2)12-8-7-9-13-14/h3-6H,7-13H2,1-2H3/q+1. The maximum Gasteiger partial charge on any atom is 0.0976 e. The van der Waals surface area contributed by atoms with E-state index in [4.69, 9.17) is 0 Å². The zero-order valence-electron chi connectivity index (χ0n) is 9.71. The number of allylic oxidation sites excluding steroid dienone is 2. The highest BCUT2D eigenvalue weighted by Gasteiger charge is 2.26. The average Bonchev–Trinajstić information content (AvgIpc) is 2.25. The molecule has 0 radical (unpaired) electrons. The first-order chi connectivity index (χ1) is 6.83.